The molecule has 0 aliphatic rings. The molecule has 2 heterocycles. The molecule has 0 spiro atoms. The standard InChI is InChI=1S/C22H20N2/c1-13-7-17-9-15-5-6-16-10-18-8-14(2)24(4)22(18)12-20(16)19(15)11-21(17)23(13)3/h5-12H,1-4H3. The minimum atomic E-state index is 1.30. The topological polar surface area (TPSA) is 9.86 Å². The third-order valence-electron chi connectivity index (χ3n) is 5.64. The molecule has 0 unspecified atom stereocenters. The van der Waals surface area contributed by atoms with E-state index < -0.39 is 0 Å². The summed E-state index contributed by atoms with van der Waals surface area (Å²) in [6.07, 6.45) is 0. The normalized spacial score (nSPS) is 12.2. The molecule has 0 saturated heterocycles. The lowest BCUT2D eigenvalue weighted by Crippen LogP contribution is -1.90. The zero-order chi connectivity index (χ0) is 16.6. The van der Waals surface area contributed by atoms with Crippen LogP contribution in [0.1, 0.15) is 11.4 Å². The number of hydrogen-bond donors (Lipinski definition) is 0. The monoisotopic (exact) mass is 312 g/mol. The van der Waals surface area contributed by atoms with E-state index in [2.05, 4.69) is 85.6 Å². The Labute approximate surface area is 140 Å². The van der Waals surface area contributed by atoms with Crippen molar-refractivity contribution in [2.24, 2.45) is 14.1 Å². The predicted molar refractivity (Wildman–Crippen MR) is 104 cm³/mol. The fraction of sp³-hybridized carbons (Fsp3) is 0.182. The number of fused-ring (bicyclic) bond motifs is 5. The van der Waals surface area contributed by atoms with Crippen LogP contribution in [0.2, 0.25) is 0 Å². The summed E-state index contributed by atoms with van der Waals surface area (Å²) < 4.78 is 4.55. The maximum atomic E-state index is 2.35. The quantitative estimate of drug-likeness (QED) is 0.330. The molecule has 0 aliphatic carbocycles. The van der Waals surface area contributed by atoms with Gasteiger partial charge in [-0.25, -0.2) is 0 Å². The first kappa shape index (κ1) is 13.7. The second-order valence-electron chi connectivity index (χ2n) is 7.02. The molecule has 2 aromatic heterocycles. The highest BCUT2D eigenvalue weighted by molar-refractivity contribution is 6.14. The minimum Gasteiger partial charge on any atom is -0.348 e. The predicted octanol–water partition coefficient (Wildman–Crippen LogP) is 5.59. The molecule has 5 aromatic rings. The van der Waals surface area contributed by atoms with Crippen molar-refractivity contribution in [3.63, 3.8) is 0 Å². The van der Waals surface area contributed by atoms with Crippen molar-refractivity contribution < 1.29 is 0 Å². The SMILES string of the molecule is Cc1cc2cc3ccc4cc5cc(C)n(C)c5cc4c3cc2n1C. The van der Waals surface area contributed by atoms with E-state index in [-0.39, 0.29) is 0 Å². The summed E-state index contributed by atoms with van der Waals surface area (Å²) in [5, 5.41) is 7.93. The molecule has 0 bridgehead atoms. The molecule has 2 nitrogen and oxygen atoms in total. The Hall–Kier alpha value is -2.74. The van der Waals surface area contributed by atoms with E-state index in [1.807, 2.05) is 0 Å². The van der Waals surface area contributed by atoms with E-state index >= 15 is 0 Å². The molecule has 0 aliphatic heterocycles. The molecule has 0 N–H and O–H groups in total. The Bertz CT molecular complexity index is 1180. The van der Waals surface area contributed by atoms with Gasteiger partial charge in [0.2, 0.25) is 0 Å². The zero-order valence-electron chi connectivity index (χ0n) is 14.5. The van der Waals surface area contributed by atoms with Crippen molar-refractivity contribution in [2.75, 3.05) is 0 Å². The van der Waals surface area contributed by atoms with E-state index in [1.54, 1.807) is 0 Å². The summed E-state index contributed by atoms with van der Waals surface area (Å²) >= 11 is 0. The van der Waals surface area contributed by atoms with Crippen molar-refractivity contribution in [1.29, 1.82) is 0 Å². The molecule has 118 valence electrons. The summed E-state index contributed by atoms with van der Waals surface area (Å²) in [4.78, 5) is 0. The van der Waals surface area contributed by atoms with Crippen LogP contribution in [0.3, 0.4) is 0 Å². The number of rotatable bonds is 0. The molecule has 3 aromatic carbocycles. The average molecular weight is 312 g/mol. The number of hydrogen-bond acceptors (Lipinski definition) is 0. The molecule has 0 atom stereocenters. The Morgan fingerprint density at radius 3 is 1.38 bits per heavy atom. The first-order chi connectivity index (χ1) is 11.5. The van der Waals surface area contributed by atoms with Crippen LogP contribution in [0.5, 0.6) is 0 Å². The van der Waals surface area contributed by atoms with Crippen LogP contribution in [-0.2, 0) is 14.1 Å². The molecule has 0 amide bonds. The van der Waals surface area contributed by atoms with Gasteiger partial charge in [0.05, 0.1) is 0 Å². The highest BCUT2D eigenvalue weighted by atomic mass is 14.9. The van der Waals surface area contributed by atoms with E-state index in [9.17, 15) is 0 Å². The smallest absolute Gasteiger partial charge is 0.0486 e. The molecule has 0 fully saturated rings. The zero-order valence-corrected chi connectivity index (χ0v) is 14.5. The van der Waals surface area contributed by atoms with E-state index in [1.165, 1.54) is 54.7 Å². The maximum Gasteiger partial charge on any atom is 0.0486 e. The van der Waals surface area contributed by atoms with Gasteiger partial charge in [0.15, 0.2) is 0 Å². The largest absolute Gasteiger partial charge is 0.348 e. The Balaban J connectivity index is 2.00. The molecule has 0 saturated carbocycles. The number of aryl methyl sites for hydroxylation is 4. The Morgan fingerprint density at radius 1 is 0.542 bits per heavy atom. The summed E-state index contributed by atoms with van der Waals surface area (Å²) in [6, 6.07) is 18.4. The van der Waals surface area contributed by atoms with Gasteiger partial charge in [0.1, 0.15) is 0 Å². The Morgan fingerprint density at radius 2 is 0.958 bits per heavy atom. The number of nitrogens with zero attached hydrogens (tertiary/aromatic N) is 2. The summed E-state index contributed by atoms with van der Waals surface area (Å²) in [5.41, 5.74) is 5.20. The lowest BCUT2D eigenvalue weighted by Gasteiger charge is -2.08. The van der Waals surface area contributed by atoms with Crippen LogP contribution in [0.25, 0.3) is 43.4 Å². The third-order valence-corrected chi connectivity index (χ3v) is 5.64. The van der Waals surface area contributed by atoms with Crippen molar-refractivity contribution in [1.82, 2.24) is 9.13 Å². The fourth-order valence-electron chi connectivity index (χ4n) is 4.00. The molecule has 24 heavy (non-hydrogen) atoms. The van der Waals surface area contributed by atoms with E-state index in [4.69, 9.17) is 0 Å². The van der Waals surface area contributed by atoms with Gasteiger partial charge in [-0.05, 0) is 71.8 Å². The third kappa shape index (κ3) is 1.66. The highest BCUT2D eigenvalue weighted by Gasteiger charge is 2.09. The van der Waals surface area contributed by atoms with Gasteiger partial charge in [0.25, 0.3) is 0 Å². The second-order valence-corrected chi connectivity index (χ2v) is 7.02. The van der Waals surface area contributed by atoms with Gasteiger partial charge >= 0.3 is 0 Å². The average Bonchev–Trinajstić information content (AvgIpc) is 3.00. The number of aromatic nitrogens is 2. The van der Waals surface area contributed by atoms with Crippen LogP contribution in [0.4, 0.5) is 0 Å². The van der Waals surface area contributed by atoms with Gasteiger partial charge in [-0.15, -0.1) is 0 Å². The van der Waals surface area contributed by atoms with E-state index in [0.717, 1.165) is 0 Å². The van der Waals surface area contributed by atoms with Gasteiger partial charge < -0.3 is 9.13 Å². The van der Waals surface area contributed by atoms with Crippen molar-refractivity contribution in [3.05, 3.63) is 59.9 Å². The molecular formula is C22H20N2. The first-order valence-electron chi connectivity index (χ1n) is 8.41. The van der Waals surface area contributed by atoms with Crippen LogP contribution >= 0.6 is 0 Å². The van der Waals surface area contributed by atoms with Gasteiger partial charge in [-0.1, -0.05) is 12.1 Å². The van der Waals surface area contributed by atoms with Crippen molar-refractivity contribution >= 4 is 43.4 Å². The van der Waals surface area contributed by atoms with Crippen LogP contribution < -0.4 is 0 Å². The fourth-order valence-corrected chi connectivity index (χ4v) is 4.00. The van der Waals surface area contributed by atoms with E-state index in [0.29, 0.717) is 0 Å². The Kier molecular flexibility index (Phi) is 2.52. The molecular weight excluding hydrogens is 292 g/mol. The molecule has 0 radical (unpaired) electrons. The van der Waals surface area contributed by atoms with Crippen LogP contribution in [0, 0.1) is 13.8 Å². The van der Waals surface area contributed by atoms with Gasteiger partial charge in [-0.3, -0.25) is 0 Å². The lowest BCUT2D eigenvalue weighted by molar-refractivity contribution is 0.918. The van der Waals surface area contributed by atoms with Gasteiger partial charge in [-0.2, -0.15) is 0 Å². The highest BCUT2D eigenvalue weighted by Crippen LogP contribution is 2.33. The van der Waals surface area contributed by atoms with Gasteiger partial charge in [0, 0.05) is 47.3 Å². The second kappa shape index (κ2) is 4.41. The van der Waals surface area contributed by atoms with Crippen molar-refractivity contribution in [3.8, 4) is 0 Å². The molecule has 2 heteroatoms. The minimum absolute atomic E-state index is 1.30. The number of benzene rings is 3. The van der Waals surface area contributed by atoms with Crippen LogP contribution in [-0.4, -0.2) is 9.13 Å². The van der Waals surface area contributed by atoms with Crippen molar-refractivity contribution in [2.45, 2.75) is 13.8 Å². The summed E-state index contributed by atoms with van der Waals surface area (Å²) in [6.45, 7) is 4.33. The summed E-state index contributed by atoms with van der Waals surface area (Å²) in [7, 11) is 4.29. The van der Waals surface area contributed by atoms with Crippen LogP contribution in [0.15, 0.2) is 48.5 Å². The molecule has 5 rings (SSSR count). The maximum absolute atomic E-state index is 2.35. The lowest BCUT2D eigenvalue weighted by atomic mass is 9.99. The summed E-state index contributed by atoms with van der Waals surface area (Å²) in [5.74, 6) is 0. The first-order valence-corrected chi connectivity index (χ1v) is 8.41.